The van der Waals surface area contributed by atoms with Crippen molar-refractivity contribution in [3.8, 4) is 0 Å². The molecule has 1 aliphatic heterocycles. The minimum Gasteiger partial charge on any atom is -0.465 e. The maximum absolute atomic E-state index is 13.2. The monoisotopic (exact) mass is 183 g/mol. The van der Waals surface area contributed by atoms with E-state index in [2.05, 4.69) is 0 Å². The fourth-order valence-electron chi connectivity index (χ4n) is 1.79. The van der Waals surface area contributed by atoms with Crippen molar-refractivity contribution in [1.29, 1.82) is 0 Å². The third-order valence-electron chi connectivity index (χ3n) is 2.49. The van der Waals surface area contributed by atoms with Crippen molar-refractivity contribution in [3.63, 3.8) is 0 Å². The van der Waals surface area contributed by atoms with Gasteiger partial charge in [0.05, 0.1) is 6.54 Å². The summed E-state index contributed by atoms with van der Waals surface area (Å²) in [7, 11) is 0. The molecule has 4 heteroatoms. The van der Waals surface area contributed by atoms with Gasteiger partial charge >= 0.3 is 6.09 Å². The van der Waals surface area contributed by atoms with E-state index in [4.69, 9.17) is 5.11 Å². The molecule has 0 saturated carbocycles. The number of hydrogen-bond acceptors (Lipinski definition) is 1. The molecule has 0 aromatic rings. The lowest BCUT2D eigenvalue weighted by Gasteiger charge is -2.10. The molecule has 1 heterocycles. The molecule has 0 atom stereocenters. The van der Waals surface area contributed by atoms with Gasteiger partial charge in [0.15, 0.2) is 0 Å². The summed E-state index contributed by atoms with van der Waals surface area (Å²) in [4.78, 5) is 11.8. The maximum atomic E-state index is 13.2. The first-order valence-electron chi connectivity index (χ1n) is 4.23. The van der Waals surface area contributed by atoms with Gasteiger partial charge in [0, 0.05) is 12.1 Å². The van der Waals surface area contributed by atoms with Crippen LogP contribution < -0.4 is 0 Å². The van der Waals surface area contributed by atoms with Crippen molar-refractivity contribution in [2.24, 2.45) is 0 Å². The minimum absolute atomic E-state index is 0.215. The molecule has 0 unspecified atom stereocenters. The van der Waals surface area contributed by atoms with E-state index in [-0.39, 0.29) is 12.4 Å². The summed E-state index contributed by atoms with van der Waals surface area (Å²) in [6, 6.07) is 0. The van der Waals surface area contributed by atoms with E-state index >= 15 is 0 Å². The van der Waals surface area contributed by atoms with Gasteiger partial charge in [0.2, 0.25) is 0 Å². The van der Waals surface area contributed by atoms with Gasteiger partial charge in [-0.25, -0.2) is 9.18 Å². The molecule has 1 N–H and O–H groups in total. The molecule has 0 spiro atoms. The SMILES string of the molecule is O=C(O)N1CC2=C(C1)C(F)=CCC2. The molecule has 1 amide bonds. The molecule has 2 aliphatic rings. The Hall–Kier alpha value is -1.32. The molecule has 13 heavy (non-hydrogen) atoms. The number of allylic oxidation sites excluding steroid dienone is 1. The molecular weight excluding hydrogens is 173 g/mol. The molecule has 0 bridgehead atoms. The normalized spacial score (nSPS) is 21.6. The quantitative estimate of drug-likeness (QED) is 0.623. The predicted molar refractivity (Wildman–Crippen MR) is 45.0 cm³/mol. The van der Waals surface area contributed by atoms with Gasteiger partial charge in [-0.15, -0.1) is 0 Å². The summed E-state index contributed by atoms with van der Waals surface area (Å²) in [5, 5.41) is 8.70. The van der Waals surface area contributed by atoms with Crippen LogP contribution in [0.25, 0.3) is 0 Å². The fraction of sp³-hybridized carbons (Fsp3) is 0.444. The number of nitrogens with zero attached hydrogens (tertiary/aromatic N) is 1. The number of carboxylic acid groups (broad SMARTS) is 1. The Morgan fingerprint density at radius 3 is 2.92 bits per heavy atom. The third-order valence-corrected chi connectivity index (χ3v) is 2.49. The Kier molecular flexibility index (Phi) is 1.83. The van der Waals surface area contributed by atoms with E-state index in [9.17, 15) is 9.18 Å². The van der Waals surface area contributed by atoms with E-state index in [0.29, 0.717) is 18.5 Å². The molecular formula is C9H10FNO2. The first kappa shape index (κ1) is 8.29. The van der Waals surface area contributed by atoms with E-state index in [1.165, 1.54) is 11.0 Å². The van der Waals surface area contributed by atoms with Crippen LogP contribution in [0.4, 0.5) is 9.18 Å². The lowest BCUT2D eigenvalue weighted by molar-refractivity contribution is 0.156. The Bertz CT molecular complexity index is 320. The highest BCUT2D eigenvalue weighted by atomic mass is 19.1. The fourth-order valence-corrected chi connectivity index (χ4v) is 1.79. The number of rotatable bonds is 0. The highest BCUT2D eigenvalue weighted by Gasteiger charge is 2.28. The van der Waals surface area contributed by atoms with Gasteiger partial charge in [-0.3, -0.25) is 4.90 Å². The molecule has 3 nitrogen and oxygen atoms in total. The van der Waals surface area contributed by atoms with Crippen LogP contribution in [0.2, 0.25) is 0 Å². The second kappa shape index (κ2) is 2.87. The van der Waals surface area contributed by atoms with Crippen molar-refractivity contribution in [3.05, 3.63) is 23.0 Å². The molecule has 0 aromatic carbocycles. The second-order valence-corrected chi connectivity index (χ2v) is 3.31. The van der Waals surface area contributed by atoms with Crippen LogP contribution in [-0.4, -0.2) is 29.2 Å². The van der Waals surface area contributed by atoms with Gasteiger partial charge in [0.1, 0.15) is 5.83 Å². The molecule has 0 fully saturated rings. The van der Waals surface area contributed by atoms with E-state index in [0.717, 1.165) is 12.0 Å². The van der Waals surface area contributed by atoms with Crippen molar-refractivity contribution >= 4 is 6.09 Å². The average Bonchev–Trinajstić information content (AvgIpc) is 2.49. The van der Waals surface area contributed by atoms with E-state index < -0.39 is 6.09 Å². The lowest BCUT2D eigenvalue weighted by atomic mass is 10.00. The van der Waals surface area contributed by atoms with Crippen LogP contribution in [0.15, 0.2) is 23.0 Å². The molecule has 0 radical (unpaired) electrons. The zero-order valence-electron chi connectivity index (χ0n) is 7.09. The van der Waals surface area contributed by atoms with E-state index in [1.807, 2.05) is 0 Å². The Morgan fingerprint density at radius 2 is 2.31 bits per heavy atom. The third kappa shape index (κ3) is 1.32. The lowest BCUT2D eigenvalue weighted by Crippen LogP contribution is -2.27. The number of halogens is 1. The maximum Gasteiger partial charge on any atom is 0.407 e. The van der Waals surface area contributed by atoms with Gasteiger partial charge in [-0.2, -0.15) is 0 Å². The van der Waals surface area contributed by atoms with Crippen molar-refractivity contribution in [1.82, 2.24) is 4.90 Å². The number of carbonyl (C=O) groups is 1. The first-order valence-corrected chi connectivity index (χ1v) is 4.23. The molecule has 0 aromatic heterocycles. The second-order valence-electron chi connectivity index (χ2n) is 3.31. The Labute approximate surface area is 75.1 Å². The number of amides is 1. The van der Waals surface area contributed by atoms with Crippen LogP contribution >= 0.6 is 0 Å². The van der Waals surface area contributed by atoms with Gasteiger partial charge in [-0.1, -0.05) is 0 Å². The average molecular weight is 183 g/mol. The van der Waals surface area contributed by atoms with Crippen molar-refractivity contribution < 1.29 is 14.3 Å². The Balaban J connectivity index is 2.19. The van der Waals surface area contributed by atoms with Gasteiger partial charge < -0.3 is 5.11 Å². The summed E-state index contributed by atoms with van der Waals surface area (Å²) in [5.74, 6) is -0.231. The van der Waals surface area contributed by atoms with Crippen molar-refractivity contribution in [2.75, 3.05) is 13.1 Å². The predicted octanol–water partition coefficient (Wildman–Crippen LogP) is 1.92. The summed E-state index contributed by atoms with van der Waals surface area (Å²) in [6.45, 7) is 0.596. The largest absolute Gasteiger partial charge is 0.465 e. The van der Waals surface area contributed by atoms with Crippen LogP contribution in [0.1, 0.15) is 12.8 Å². The summed E-state index contributed by atoms with van der Waals surface area (Å²) in [6.07, 6.45) is 2.05. The van der Waals surface area contributed by atoms with Gasteiger partial charge in [-0.05, 0) is 24.5 Å². The van der Waals surface area contributed by atoms with Crippen LogP contribution in [0, 0.1) is 0 Å². The van der Waals surface area contributed by atoms with E-state index in [1.54, 1.807) is 0 Å². The summed E-state index contributed by atoms with van der Waals surface area (Å²) >= 11 is 0. The highest BCUT2D eigenvalue weighted by molar-refractivity contribution is 5.67. The smallest absolute Gasteiger partial charge is 0.407 e. The summed E-state index contributed by atoms with van der Waals surface area (Å²) in [5.41, 5.74) is 1.54. The Morgan fingerprint density at radius 1 is 1.54 bits per heavy atom. The zero-order chi connectivity index (χ0) is 9.42. The van der Waals surface area contributed by atoms with Crippen LogP contribution in [-0.2, 0) is 0 Å². The van der Waals surface area contributed by atoms with Crippen LogP contribution in [0.3, 0.4) is 0 Å². The minimum atomic E-state index is -0.970. The van der Waals surface area contributed by atoms with Gasteiger partial charge in [0.25, 0.3) is 0 Å². The first-order chi connectivity index (χ1) is 6.18. The topological polar surface area (TPSA) is 40.5 Å². The van der Waals surface area contributed by atoms with Crippen LogP contribution in [0.5, 0.6) is 0 Å². The molecule has 1 aliphatic carbocycles. The summed E-state index contributed by atoms with van der Waals surface area (Å²) < 4.78 is 13.2. The highest BCUT2D eigenvalue weighted by Crippen LogP contribution is 2.31. The molecule has 0 saturated heterocycles. The standard InChI is InChI=1S/C9H10FNO2/c10-8-3-1-2-6-4-11(9(12)13)5-7(6)8/h3H,1-2,4-5H2,(H,12,13). The molecule has 70 valence electrons. The zero-order valence-corrected chi connectivity index (χ0v) is 7.09. The number of hydrogen-bond donors (Lipinski definition) is 1. The van der Waals surface area contributed by atoms with Crippen molar-refractivity contribution in [2.45, 2.75) is 12.8 Å². The molecule has 2 rings (SSSR count).